The van der Waals surface area contributed by atoms with Gasteiger partial charge in [0.05, 0.1) is 43.3 Å². The summed E-state index contributed by atoms with van der Waals surface area (Å²) >= 11 is 12.6. The van der Waals surface area contributed by atoms with Crippen LogP contribution in [-0.2, 0) is 28.7 Å². The highest BCUT2D eigenvalue weighted by molar-refractivity contribution is 8.14. The van der Waals surface area contributed by atoms with Gasteiger partial charge >= 0.3 is 0 Å². The molecule has 0 heterocycles. The molecule has 0 saturated heterocycles. The van der Waals surface area contributed by atoms with Crippen LogP contribution in [0, 0.1) is 0 Å². The lowest BCUT2D eigenvalue weighted by Crippen LogP contribution is -2.29. The summed E-state index contributed by atoms with van der Waals surface area (Å²) in [4.78, 5) is 23.5. The van der Waals surface area contributed by atoms with E-state index in [1.807, 2.05) is 26.0 Å². The molecule has 0 aliphatic heterocycles. The van der Waals surface area contributed by atoms with Crippen molar-refractivity contribution in [1.29, 1.82) is 0 Å². The van der Waals surface area contributed by atoms with Crippen molar-refractivity contribution in [2.75, 3.05) is 21.1 Å². The molecule has 2 saturated carbocycles. The summed E-state index contributed by atoms with van der Waals surface area (Å²) in [6.07, 6.45) is 13.6. The molecule has 2 fully saturated rings. The molecule has 15 heteroatoms. The number of nitrogens with two attached hydrogens (primary N) is 1. The number of carbonyl (C=O) groups is 2. The van der Waals surface area contributed by atoms with E-state index in [4.69, 9.17) is 39.6 Å². The first-order chi connectivity index (χ1) is 25.1. The molecule has 2 aromatic carbocycles. The molecule has 300 valence electrons. The molecule has 0 atom stereocenters. The van der Waals surface area contributed by atoms with Crippen LogP contribution >= 0.6 is 33.9 Å². The lowest BCUT2D eigenvalue weighted by atomic mass is 9.96. The molecule has 2 aromatic rings. The topological polar surface area (TPSA) is 165 Å². The predicted octanol–water partition coefficient (Wildman–Crippen LogP) is 10.7. The summed E-state index contributed by atoms with van der Waals surface area (Å²) < 4.78 is 49.5. The average Bonchev–Trinajstić information content (AvgIpc) is 3.13. The molecule has 0 spiro atoms. The van der Waals surface area contributed by atoms with E-state index in [0.29, 0.717) is 52.8 Å². The molecular weight excluding hydrogens is 791 g/mol. The second-order valence-corrected chi connectivity index (χ2v) is 19.7. The minimum absolute atomic E-state index is 0. The molecule has 4 aliphatic carbocycles. The number of carbonyl (C=O) groups excluding carboxylic acids is 2. The second kappa shape index (κ2) is 20.9. The quantitative estimate of drug-likeness (QED) is 0.149. The summed E-state index contributed by atoms with van der Waals surface area (Å²) in [7, 11) is -1.53. The first-order valence-corrected chi connectivity index (χ1v) is 23.0. The Bertz CT molecular complexity index is 1920. The zero-order chi connectivity index (χ0) is 38.8. The van der Waals surface area contributed by atoms with Gasteiger partial charge in [0, 0.05) is 46.1 Å². The summed E-state index contributed by atoms with van der Waals surface area (Å²) in [5, 5.41) is 6.66. The van der Waals surface area contributed by atoms with E-state index in [2.05, 4.69) is 15.4 Å². The number of benzene rings is 2. The van der Waals surface area contributed by atoms with E-state index in [-0.39, 0.29) is 29.5 Å². The van der Waals surface area contributed by atoms with Gasteiger partial charge in [-0.15, -0.1) is 0 Å². The molecule has 4 aliphatic rings. The molecule has 0 unspecified atom stereocenters. The van der Waals surface area contributed by atoms with Crippen LogP contribution in [-0.4, -0.2) is 38.9 Å². The largest absolute Gasteiger partial charge is 0.397 e. The number of hydrogen-bond acceptors (Lipinski definition) is 9. The highest BCUT2D eigenvalue weighted by Crippen LogP contribution is 2.35. The lowest BCUT2D eigenvalue weighted by molar-refractivity contribution is -0.116. The molecule has 5 N–H and O–H groups in total. The van der Waals surface area contributed by atoms with Crippen molar-refractivity contribution in [3.63, 3.8) is 0 Å². The van der Waals surface area contributed by atoms with Crippen LogP contribution in [0.3, 0.4) is 0 Å². The van der Waals surface area contributed by atoms with E-state index in [1.54, 1.807) is 24.3 Å². The van der Waals surface area contributed by atoms with Crippen molar-refractivity contribution in [1.82, 2.24) is 0 Å². The fourth-order valence-electron chi connectivity index (χ4n) is 6.89. The number of allylic oxidation sites excluding steroid dienone is 4. The number of Topliss-reactive ketones (excluding diaryl/α,β-unsaturated/α-hetero) is 2. The van der Waals surface area contributed by atoms with E-state index >= 15 is 0 Å². The van der Waals surface area contributed by atoms with Crippen molar-refractivity contribution in [2.45, 2.75) is 135 Å². The minimum Gasteiger partial charge on any atom is -0.397 e. The van der Waals surface area contributed by atoms with Gasteiger partial charge in [0.25, 0.3) is 0 Å². The van der Waals surface area contributed by atoms with Crippen molar-refractivity contribution in [2.24, 2.45) is 0 Å². The number of nitrogen functional groups attached to an aromatic ring is 1. The number of halogens is 3. The molecule has 0 amide bonds. The van der Waals surface area contributed by atoms with Crippen molar-refractivity contribution in [3.05, 3.63) is 69.0 Å². The second-order valence-electron chi connectivity index (χ2n) is 14.0. The monoisotopic (exact) mass is 844 g/mol. The van der Waals surface area contributed by atoms with Gasteiger partial charge in [-0.25, -0.2) is 16.8 Å². The van der Waals surface area contributed by atoms with Gasteiger partial charge in [-0.3, -0.25) is 14.3 Å². The highest BCUT2D eigenvalue weighted by Gasteiger charge is 2.28. The smallest absolute Gasteiger partial charge is 0.235 e. The van der Waals surface area contributed by atoms with Crippen LogP contribution in [0.2, 0.25) is 10.0 Å². The Morgan fingerprint density at radius 3 is 1.50 bits per heavy atom. The molecule has 0 radical (unpaired) electrons. The summed E-state index contributed by atoms with van der Waals surface area (Å²) in [5.74, 6) is 0.350. The van der Waals surface area contributed by atoms with Gasteiger partial charge in [-0.1, -0.05) is 81.3 Å². The van der Waals surface area contributed by atoms with Gasteiger partial charge in [0.2, 0.25) is 19.1 Å². The van der Waals surface area contributed by atoms with Crippen molar-refractivity contribution >= 4 is 87.3 Å². The Labute approximate surface area is 336 Å². The Morgan fingerprint density at radius 2 is 1.04 bits per heavy atom. The number of rotatable bonds is 8. The van der Waals surface area contributed by atoms with Gasteiger partial charge in [-0.2, -0.15) is 0 Å². The number of ketones is 2. The number of nitrogens with one attached hydrogen (secondary N) is 3. The molecule has 0 bridgehead atoms. The van der Waals surface area contributed by atoms with Crippen LogP contribution in [0.15, 0.2) is 58.9 Å². The third-order valence-electron chi connectivity index (χ3n) is 10.2. The maximum absolute atomic E-state index is 12.7. The third-order valence-corrected chi connectivity index (χ3v) is 14.9. The molecule has 54 heavy (non-hydrogen) atoms. The number of anilines is 4. The fourth-order valence-corrected chi connectivity index (χ4v) is 10.4. The maximum atomic E-state index is 12.7. The lowest BCUT2D eigenvalue weighted by Gasteiger charge is -2.23. The minimum atomic E-state index is -3.46. The summed E-state index contributed by atoms with van der Waals surface area (Å²) in [6.45, 7) is 3.66. The third kappa shape index (κ3) is 12.9. The maximum Gasteiger partial charge on any atom is 0.235 e. The Balaban J connectivity index is 0.000000240. The molecule has 0 aromatic heterocycles. The summed E-state index contributed by atoms with van der Waals surface area (Å²) in [6, 6.07) is 10.7. The Kier molecular flexibility index (Phi) is 17.7. The normalized spacial score (nSPS) is 18.8. The van der Waals surface area contributed by atoms with Gasteiger partial charge in [0.15, 0.2) is 11.6 Å². The molecule has 6 rings (SSSR count). The van der Waals surface area contributed by atoms with Crippen LogP contribution in [0.25, 0.3) is 0 Å². The van der Waals surface area contributed by atoms with E-state index in [9.17, 15) is 26.4 Å². The average molecular weight is 846 g/mol. The first-order valence-electron chi connectivity index (χ1n) is 18.4. The zero-order valence-corrected chi connectivity index (χ0v) is 34.3. The predicted molar refractivity (Wildman–Crippen MR) is 225 cm³/mol. The SMILES string of the molecule is C.CC1=C(Nc2cccc(N)c2Cl)CCCC1=O.CC1=C(Nc2cccc(NS(=O)(=O)C3CCCCC3)c2Cl)CCCC1=O.O=S(=O)(Cl)C1CCCCC1. The van der Waals surface area contributed by atoms with Gasteiger partial charge in [0.1, 0.15) is 0 Å². The van der Waals surface area contributed by atoms with E-state index in [1.165, 1.54) is 0 Å². The van der Waals surface area contributed by atoms with Gasteiger partial charge < -0.3 is 16.4 Å². The Morgan fingerprint density at radius 1 is 0.611 bits per heavy atom. The highest BCUT2D eigenvalue weighted by atomic mass is 35.7. The van der Waals surface area contributed by atoms with E-state index in [0.717, 1.165) is 105 Å². The standard InChI is InChI=1S/C19H25ClN2O3S.C13H15ClN2O.C6H11ClO2S.CH4/c1-13-15(9-6-12-18(13)23)21-16-10-5-11-17(19(16)20)22-26(24,25)14-7-3-2-4-8-14;1-8-10(5-3-7-12(8)17)16-11-6-2-4-9(15)13(11)14;7-10(8,9)6-4-2-1-3-5-6;/h5,10-11,14,21-22H,2-4,6-9,12H2,1H3;2,4,6,16H,3,5,7,15H2,1H3;6H,1-5H2;1H4. The molecule has 10 nitrogen and oxygen atoms in total. The van der Waals surface area contributed by atoms with Crippen LogP contribution < -0.4 is 21.1 Å². The van der Waals surface area contributed by atoms with Crippen molar-refractivity contribution < 1.29 is 26.4 Å². The number of sulfonamides is 1. The Hall–Kier alpha value is -2.77. The number of hydrogen-bond donors (Lipinski definition) is 4. The molecular formula is C39H55Cl3N4O6S2. The zero-order valence-electron chi connectivity index (χ0n) is 30.4. The fraction of sp³-hybridized carbons (Fsp3) is 0.538. The van der Waals surface area contributed by atoms with Crippen LogP contribution in [0.4, 0.5) is 22.7 Å². The van der Waals surface area contributed by atoms with Crippen LogP contribution in [0.1, 0.15) is 124 Å². The van der Waals surface area contributed by atoms with Crippen LogP contribution in [0.5, 0.6) is 0 Å². The van der Waals surface area contributed by atoms with Crippen molar-refractivity contribution in [3.8, 4) is 0 Å². The summed E-state index contributed by atoms with van der Waals surface area (Å²) in [5.41, 5.74) is 11.4. The van der Waals surface area contributed by atoms with Gasteiger partial charge in [-0.05, 0) is 89.5 Å². The first kappa shape index (κ1) is 45.6. The van der Waals surface area contributed by atoms with E-state index < -0.39 is 19.1 Å².